The molecule has 1 aliphatic carbocycles. The summed E-state index contributed by atoms with van der Waals surface area (Å²) in [5.74, 6) is -0.00292. The van der Waals surface area contributed by atoms with Crippen LogP contribution in [0, 0.1) is 0 Å². The number of ether oxygens (including phenoxy) is 1. The maximum absolute atomic E-state index is 12.0. The first-order valence-corrected chi connectivity index (χ1v) is 5.95. The van der Waals surface area contributed by atoms with E-state index in [1.807, 2.05) is 12.1 Å². The zero-order valence-electron chi connectivity index (χ0n) is 10.0. The molecule has 1 heterocycles. The molecule has 1 N–H and O–H groups in total. The Labute approximate surface area is 104 Å². The topological polar surface area (TPSA) is 59.2 Å². The number of carbonyl (C=O) groups is 1. The fourth-order valence-corrected chi connectivity index (χ4v) is 2.25. The normalized spacial score (nSPS) is 14.7. The molecule has 0 radical (unpaired) electrons. The maximum atomic E-state index is 12.0. The van der Waals surface area contributed by atoms with E-state index in [4.69, 9.17) is 0 Å². The second-order valence-corrected chi connectivity index (χ2v) is 4.58. The van der Waals surface area contributed by atoms with E-state index in [1.165, 1.54) is 13.2 Å². The lowest BCUT2D eigenvalue weighted by atomic mass is 10.1. The molecular formula is C14H13NO3. The summed E-state index contributed by atoms with van der Waals surface area (Å²) >= 11 is 0. The molecule has 1 saturated carbocycles. The van der Waals surface area contributed by atoms with Crippen molar-refractivity contribution in [1.82, 2.24) is 4.98 Å². The molecule has 4 heteroatoms. The van der Waals surface area contributed by atoms with E-state index in [0.717, 1.165) is 23.9 Å². The van der Waals surface area contributed by atoms with Gasteiger partial charge in [-0.3, -0.25) is 4.79 Å². The number of nitrogens with one attached hydrogen (secondary N) is 1. The van der Waals surface area contributed by atoms with Crippen molar-refractivity contribution < 1.29 is 9.53 Å². The summed E-state index contributed by atoms with van der Waals surface area (Å²) in [5, 5.41) is 0.632. The Hall–Kier alpha value is -2.10. The minimum Gasteiger partial charge on any atom is -0.464 e. The molecule has 4 nitrogen and oxygen atoms in total. The highest BCUT2D eigenvalue weighted by Crippen LogP contribution is 2.42. The van der Waals surface area contributed by atoms with Crippen LogP contribution < -0.4 is 5.43 Å². The summed E-state index contributed by atoms with van der Waals surface area (Å²) < 4.78 is 4.65. The van der Waals surface area contributed by atoms with Crippen molar-refractivity contribution in [1.29, 1.82) is 0 Å². The lowest BCUT2D eigenvalue weighted by Crippen LogP contribution is -2.12. The van der Waals surface area contributed by atoms with E-state index in [2.05, 4.69) is 9.72 Å². The smallest absolute Gasteiger partial charge is 0.354 e. The van der Waals surface area contributed by atoms with E-state index >= 15 is 0 Å². The minimum absolute atomic E-state index is 0.147. The first kappa shape index (κ1) is 11.0. The number of pyridine rings is 1. The van der Waals surface area contributed by atoms with Gasteiger partial charge < -0.3 is 9.72 Å². The summed E-state index contributed by atoms with van der Waals surface area (Å²) in [6.45, 7) is 0. The lowest BCUT2D eigenvalue weighted by Gasteiger charge is -2.07. The molecule has 92 valence electrons. The molecule has 1 aliphatic rings. The van der Waals surface area contributed by atoms with E-state index in [0.29, 0.717) is 11.3 Å². The van der Waals surface area contributed by atoms with Crippen molar-refractivity contribution in [2.24, 2.45) is 0 Å². The Morgan fingerprint density at radius 2 is 2.17 bits per heavy atom. The van der Waals surface area contributed by atoms with Crippen LogP contribution in [0.2, 0.25) is 0 Å². The molecule has 2 aromatic rings. The molecule has 0 unspecified atom stereocenters. The van der Waals surface area contributed by atoms with Gasteiger partial charge in [0, 0.05) is 11.5 Å². The first-order chi connectivity index (χ1) is 8.70. The zero-order valence-corrected chi connectivity index (χ0v) is 10.0. The van der Waals surface area contributed by atoms with Gasteiger partial charge in [-0.25, -0.2) is 4.79 Å². The molecule has 1 aromatic heterocycles. The van der Waals surface area contributed by atoms with Gasteiger partial charge in [0.05, 0.1) is 12.6 Å². The van der Waals surface area contributed by atoms with Crippen LogP contribution in [0.1, 0.15) is 34.8 Å². The predicted octanol–water partition coefficient (Wildman–Crippen LogP) is 2.19. The van der Waals surface area contributed by atoms with Crippen LogP contribution in [-0.2, 0) is 4.74 Å². The number of hydrogen-bond acceptors (Lipinski definition) is 3. The number of benzene rings is 1. The highest BCUT2D eigenvalue weighted by Gasteiger charge is 2.26. The second kappa shape index (κ2) is 3.98. The number of fused-ring (bicyclic) bond motifs is 1. The van der Waals surface area contributed by atoms with Crippen molar-refractivity contribution in [2.75, 3.05) is 7.11 Å². The van der Waals surface area contributed by atoms with Gasteiger partial charge in [-0.1, -0.05) is 12.1 Å². The third-order valence-corrected chi connectivity index (χ3v) is 3.32. The molecule has 0 aliphatic heterocycles. The number of para-hydroxylation sites is 1. The van der Waals surface area contributed by atoms with Gasteiger partial charge in [-0.15, -0.1) is 0 Å². The SMILES string of the molecule is COC(=O)c1cc(=O)c2cccc(C3CC3)c2[nH]1. The van der Waals surface area contributed by atoms with Crippen LogP contribution in [0.25, 0.3) is 10.9 Å². The summed E-state index contributed by atoms with van der Waals surface area (Å²) in [7, 11) is 1.30. The molecule has 1 aromatic carbocycles. The number of esters is 1. The molecule has 3 rings (SSSR count). The van der Waals surface area contributed by atoms with Crippen LogP contribution >= 0.6 is 0 Å². The second-order valence-electron chi connectivity index (χ2n) is 4.58. The van der Waals surface area contributed by atoms with Crippen LogP contribution in [0.5, 0.6) is 0 Å². The van der Waals surface area contributed by atoms with Crippen molar-refractivity contribution in [3.8, 4) is 0 Å². The fraction of sp³-hybridized carbons (Fsp3) is 0.286. The number of aromatic nitrogens is 1. The van der Waals surface area contributed by atoms with Crippen LogP contribution in [0.15, 0.2) is 29.1 Å². The molecule has 1 fully saturated rings. The predicted molar refractivity (Wildman–Crippen MR) is 67.9 cm³/mol. The lowest BCUT2D eigenvalue weighted by molar-refractivity contribution is 0.0594. The number of hydrogen-bond donors (Lipinski definition) is 1. The maximum Gasteiger partial charge on any atom is 0.354 e. The number of aromatic amines is 1. The van der Waals surface area contributed by atoms with Crippen molar-refractivity contribution in [2.45, 2.75) is 18.8 Å². The number of rotatable bonds is 2. The van der Waals surface area contributed by atoms with Gasteiger partial charge in [0.15, 0.2) is 5.43 Å². The van der Waals surface area contributed by atoms with E-state index in [-0.39, 0.29) is 11.1 Å². The summed E-state index contributed by atoms with van der Waals surface area (Å²) in [6, 6.07) is 6.98. The number of carbonyl (C=O) groups excluding carboxylic acids is 1. The Kier molecular flexibility index (Phi) is 2.44. The average molecular weight is 243 g/mol. The van der Waals surface area contributed by atoms with Crippen molar-refractivity contribution in [3.05, 3.63) is 45.7 Å². The molecule has 0 spiro atoms. The Morgan fingerprint density at radius 1 is 1.39 bits per heavy atom. The number of methoxy groups -OCH3 is 1. The average Bonchev–Trinajstić information content (AvgIpc) is 3.21. The molecular weight excluding hydrogens is 230 g/mol. The summed E-state index contributed by atoms with van der Waals surface area (Å²) in [4.78, 5) is 26.5. The fourth-order valence-electron chi connectivity index (χ4n) is 2.25. The molecule has 0 amide bonds. The highest BCUT2D eigenvalue weighted by molar-refractivity contribution is 5.92. The van der Waals surface area contributed by atoms with Gasteiger partial charge in [0.25, 0.3) is 0 Å². The minimum atomic E-state index is -0.514. The van der Waals surface area contributed by atoms with Gasteiger partial charge in [0.1, 0.15) is 5.69 Å². The first-order valence-electron chi connectivity index (χ1n) is 5.95. The summed E-state index contributed by atoms with van der Waals surface area (Å²) in [6.07, 6.45) is 2.28. The van der Waals surface area contributed by atoms with Gasteiger partial charge in [-0.05, 0) is 30.4 Å². The zero-order chi connectivity index (χ0) is 12.7. The van der Waals surface area contributed by atoms with E-state index < -0.39 is 5.97 Å². The van der Waals surface area contributed by atoms with E-state index in [1.54, 1.807) is 6.07 Å². The van der Waals surface area contributed by atoms with Gasteiger partial charge in [-0.2, -0.15) is 0 Å². The Morgan fingerprint density at radius 3 is 2.83 bits per heavy atom. The van der Waals surface area contributed by atoms with Crippen LogP contribution in [0.3, 0.4) is 0 Å². The largest absolute Gasteiger partial charge is 0.464 e. The Balaban J connectivity index is 2.29. The quantitative estimate of drug-likeness (QED) is 0.822. The monoisotopic (exact) mass is 243 g/mol. The molecule has 0 bridgehead atoms. The third-order valence-electron chi connectivity index (χ3n) is 3.32. The highest BCUT2D eigenvalue weighted by atomic mass is 16.5. The van der Waals surface area contributed by atoms with Crippen LogP contribution in [-0.4, -0.2) is 18.1 Å². The Bertz CT molecular complexity index is 683. The van der Waals surface area contributed by atoms with Crippen molar-refractivity contribution >= 4 is 16.9 Å². The van der Waals surface area contributed by atoms with Gasteiger partial charge >= 0.3 is 5.97 Å². The van der Waals surface area contributed by atoms with E-state index in [9.17, 15) is 9.59 Å². The third kappa shape index (κ3) is 1.70. The molecule has 0 saturated heterocycles. The molecule has 18 heavy (non-hydrogen) atoms. The van der Waals surface area contributed by atoms with Crippen molar-refractivity contribution in [3.63, 3.8) is 0 Å². The van der Waals surface area contributed by atoms with Crippen LogP contribution in [0.4, 0.5) is 0 Å². The molecule has 0 atom stereocenters. The van der Waals surface area contributed by atoms with Gasteiger partial charge in [0.2, 0.25) is 0 Å². The summed E-state index contributed by atoms with van der Waals surface area (Å²) in [5.41, 5.74) is 1.96. The number of H-pyrrole nitrogens is 1. The standard InChI is InChI=1S/C14H13NO3/c1-18-14(17)11-7-12(16)10-4-2-3-9(8-5-6-8)13(10)15-11/h2-4,7-8H,5-6H2,1H3,(H,15,16).